The highest BCUT2D eigenvalue weighted by atomic mass is 32.1. The summed E-state index contributed by atoms with van der Waals surface area (Å²) in [7, 11) is 0. The predicted molar refractivity (Wildman–Crippen MR) is 137 cm³/mol. The van der Waals surface area contributed by atoms with Crippen molar-refractivity contribution in [2.75, 3.05) is 24.7 Å². The summed E-state index contributed by atoms with van der Waals surface area (Å²) in [5.41, 5.74) is 2.59. The van der Waals surface area contributed by atoms with Crippen LogP contribution >= 0.6 is 11.3 Å². The number of ether oxygens (including phenoxy) is 3. The second-order valence-corrected chi connectivity index (χ2v) is 9.76. The summed E-state index contributed by atoms with van der Waals surface area (Å²) in [4.78, 5) is 21.1. The lowest BCUT2D eigenvalue weighted by molar-refractivity contribution is -0.119. The van der Waals surface area contributed by atoms with Crippen molar-refractivity contribution >= 4 is 32.6 Å². The highest BCUT2D eigenvalue weighted by Crippen LogP contribution is 2.45. The molecule has 1 aromatic heterocycles. The first-order valence-electron chi connectivity index (χ1n) is 12.0. The van der Waals surface area contributed by atoms with E-state index in [2.05, 4.69) is 0 Å². The Kier molecular flexibility index (Phi) is 5.88. The van der Waals surface area contributed by atoms with Crippen LogP contribution in [0.4, 0.5) is 5.13 Å². The number of para-hydroxylation sites is 2. The average Bonchev–Trinajstić information content (AvgIpc) is 3.55. The minimum atomic E-state index is -0.483. The van der Waals surface area contributed by atoms with Crippen LogP contribution in [0.1, 0.15) is 36.8 Å². The van der Waals surface area contributed by atoms with Gasteiger partial charge in [0, 0.05) is 17.7 Å². The molecule has 0 spiro atoms. The maximum absolute atomic E-state index is 14.4. The van der Waals surface area contributed by atoms with Crippen LogP contribution in [-0.4, -0.2) is 36.8 Å². The van der Waals surface area contributed by atoms with E-state index in [9.17, 15) is 4.79 Å². The first-order valence-corrected chi connectivity index (χ1v) is 12.8. The molecule has 7 heteroatoms. The van der Waals surface area contributed by atoms with E-state index in [0.29, 0.717) is 29.8 Å². The Labute approximate surface area is 208 Å². The Bertz CT molecular complexity index is 1330. The first kappa shape index (κ1) is 22.1. The lowest BCUT2D eigenvalue weighted by Crippen LogP contribution is -2.41. The van der Waals surface area contributed by atoms with Gasteiger partial charge in [0.25, 0.3) is 0 Å². The van der Waals surface area contributed by atoms with Gasteiger partial charge in [0.2, 0.25) is 5.91 Å². The third-order valence-electron chi connectivity index (χ3n) is 6.49. The van der Waals surface area contributed by atoms with Gasteiger partial charge in [-0.05, 0) is 50.1 Å². The molecule has 178 valence electrons. The molecule has 1 atom stereocenters. The molecule has 4 aromatic rings. The van der Waals surface area contributed by atoms with Gasteiger partial charge in [-0.1, -0.05) is 47.7 Å². The zero-order valence-electron chi connectivity index (χ0n) is 19.5. The minimum Gasteiger partial charge on any atom is -0.494 e. The zero-order chi connectivity index (χ0) is 23.8. The Morgan fingerprint density at radius 3 is 2.51 bits per heavy atom. The summed E-state index contributed by atoms with van der Waals surface area (Å²) in [5, 5.41) is 0.676. The largest absolute Gasteiger partial charge is 0.494 e. The van der Waals surface area contributed by atoms with Crippen molar-refractivity contribution in [2.45, 2.75) is 31.8 Å². The lowest BCUT2D eigenvalue weighted by Gasteiger charge is -2.32. The summed E-state index contributed by atoms with van der Waals surface area (Å²) < 4.78 is 18.7. The van der Waals surface area contributed by atoms with E-state index in [4.69, 9.17) is 19.2 Å². The zero-order valence-corrected chi connectivity index (χ0v) is 20.3. The fourth-order valence-corrected chi connectivity index (χ4v) is 5.86. The van der Waals surface area contributed by atoms with Crippen LogP contribution < -0.4 is 14.4 Å². The van der Waals surface area contributed by atoms with Crippen LogP contribution in [0.15, 0.2) is 66.7 Å². The number of fused-ring (bicyclic) bond motifs is 3. The van der Waals surface area contributed by atoms with Crippen LogP contribution in [0.2, 0.25) is 0 Å². The molecule has 1 fully saturated rings. The Morgan fingerprint density at radius 1 is 1.09 bits per heavy atom. The molecule has 0 radical (unpaired) electrons. The topological polar surface area (TPSA) is 60.9 Å². The highest BCUT2D eigenvalue weighted by Gasteiger charge is 2.37. The van der Waals surface area contributed by atoms with Crippen molar-refractivity contribution in [1.29, 1.82) is 0 Å². The van der Waals surface area contributed by atoms with E-state index in [-0.39, 0.29) is 12.0 Å². The van der Waals surface area contributed by atoms with Crippen LogP contribution in [0.25, 0.3) is 10.2 Å². The number of carbonyl (C=O) groups is 1. The summed E-state index contributed by atoms with van der Waals surface area (Å²) in [6.07, 6.45) is 1.94. The van der Waals surface area contributed by atoms with E-state index in [1.165, 1.54) is 11.3 Å². The summed E-state index contributed by atoms with van der Waals surface area (Å²) >= 11 is 1.51. The van der Waals surface area contributed by atoms with E-state index in [1.807, 2.05) is 78.6 Å². The van der Waals surface area contributed by atoms with Crippen LogP contribution in [-0.2, 0) is 9.53 Å². The fraction of sp³-hybridized carbons (Fsp3) is 0.286. The average molecular weight is 487 g/mol. The van der Waals surface area contributed by atoms with Crippen molar-refractivity contribution in [3.63, 3.8) is 0 Å². The molecule has 0 saturated carbocycles. The van der Waals surface area contributed by atoms with Gasteiger partial charge in [0.15, 0.2) is 5.13 Å². The van der Waals surface area contributed by atoms with Crippen molar-refractivity contribution < 1.29 is 19.0 Å². The lowest BCUT2D eigenvalue weighted by atomic mass is 9.87. The van der Waals surface area contributed by atoms with Gasteiger partial charge in [-0.3, -0.25) is 9.69 Å². The monoisotopic (exact) mass is 486 g/mol. The third kappa shape index (κ3) is 4.15. The quantitative estimate of drug-likeness (QED) is 0.327. The van der Waals surface area contributed by atoms with Crippen molar-refractivity contribution in [3.05, 3.63) is 77.9 Å². The number of thiazole rings is 1. The standard InChI is InChI=1S/C28H26N2O4S/c1-2-32-18-13-14-22-25(16-18)35-28(29-22)30(17-19-8-7-15-33-19)27(31)26-20-9-3-5-11-23(20)34-24-12-6-4-10-21(24)26/h3-6,9-14,16,19,26H,2,7-8,15,17H2,1H3. The van der Waals surface area contributed by atoms with Gasteiger partial charge < -0.3 is 14.2 Å². The van der Waals surface area contributed by atoms with Gasteiger partial charge in [0.05, 0.1) is 35.4 Å². The number of anilines is 1. The van der Waals surface area contributed by atoms with E-state index < -0.39 is 5.92 Å². The summed E-state index contributed by atoms with van der Waals surface area (Å²) in [5.74, 6) is 1.73. The van der Waals surface area contributed by atoms with E-state index >= 15 is 0 Å². The number of nitrogens with zero attached hydrogens (tertiary/aromatic N) is 2. The number of hydrogen-bond acceptors (Lipinski definition) is 6. The molecule has 2 aliphatic rings. The second kappa shape index (κ2) is 9.32. The number of carbonyl (C=O) groups excluding carboxylic acids is 1. The van der Waals surface area contributed by atoms with E-state index in [0.717, 1.165) is 46.5 Å². The Morgan fingerprint density at radius 2 is 1.83 bits per heavy atom. The Hall–Kier alpha value is -3.42. The van der Waals surface area contributed by atoms with Crippen LogP contribution in [0.3, 0.4) is 0 Å². The SMILES string of the molecule is CCOc1ccc2nc(N(CC3CCCO3)C(=O)C3c4ccccc4Oc4ccccc43)sc2c1. The van der Waals surface area contributed by atoms with Gasteiger partial charge in [-0.25, -0.2) is 4.98 Å². The molecule has 1 unspecified atom stereocenters. The number of amides is 1. The van der Waals surface area contributed by atoms with E-state index in [1.54, 1.807) is 0 Å². The molecule has 2 aliphatic heterocycles. The second-order valence-electron chi connectivity index (χ2n) is 8.75. The van der Waals surface area contributed by atoms with Crippen LogP contribution in [0, 0.1) is 0 Å². The minimum absolute atomic E-state index is 0.00437. The molecule has 1 saturated heterocycles. The molecule has 6 rings (SSSR count). The maximum atomic E-state index is 14.4. The number of rotatable bonds is 6. The van der Waals surface area contributed by atoms with Crippen LogP contribution in [0.5, 0.6) is 17.2 Å². The molecule has 1 amide bonds. The highest BCUT2D eigenvalue weighted by molar-refractivity contribution is 7.22. The smallest absolute Gasteiger partial charge is 0.241 e. The summed E-state index contributed by atoms with van der Waals surface area (Å²) in [6.45, 7) is 3.77. The maximum Gasteiger partial charge on any atom is 0.241 e. The molecular formula is C28H26N2O4S. The molecule has 0 aliphatic carbocycles. The van der Waals surface area contributed by atoms with Crippen molar-refractivity contribution in [2.24, 2.45) is 0 Å². The normalized spacial score (nSPS) is 17.0. The third-order valence-corrected chi connectivity index (χ3v) is 7.53. The molecule has 0 bridgehead atoms. The molecule has 3 aromatic carbocycles. The van der Waals surface area contributed by atoms with Gasteiger partial charge in [-0.15, -0.1) is 0 Å². The van der Waals surface area contributed by atoms with Gasteiger partial charge in [-0.2, -0.15) is 0 Å². The number of benzene rings is 3. The van der Waals surface area contributed by atoms with Gasteiger partial charge >= 0.3 is 0 Å². The predicted octanol–water partition coefficient (Wildman–Crippen LogP) is 6.14. The molecule has 35 heavy (non-hydrogen) atoms. The Balaban J connectivity index is 1.44. The number of hydrogen-bond donors (Lipinski definition) is 0. The molecule has 0 N–H and O–H groups in total. The molecular weight excluding hydrogens is 460 g/mol. The molecule has 3 heterocycles. The van der Waals surface area contributed by atoms with Crippen molar-refractivity contribution in [3.8, 4) is 17.2 Å². The first-order chi connectivity index (χ1) is 17.2. The fourth-order valence-electron chi connectivity index (χ4n) is 4.85. The summed E-state index contributed by atoms with van der Waals surface area (Å²) in [6, 6.07) is 21.4. The molecule has 6 nitrogen and oxygen atoms in total. The van der Waals surface area contributed by atoms with Crippen molar-refractivity contribution in [1.82, 2.24) is 4.98 Å². The van der Waals surface area contributed by atoms with Gasteiger partial charge in [0.1, 0.15) is 17.2 Å². The number of aromatic nitrogens is 1.